The number of ether oxygens (including phenoxy) is 1. The SMILES string of the molecule is CC(C)NC(=O)C1CCN(C(=O)[C@@H]2Cc3ccccc3C(=O)O2)CC1. The first-order valence-corrected chi connectivity index (χ1v) is 8.83. The number of carbonyl (C=O) groups excluding carboxylic acids is 3. The van der Waals surface area contributed by atoms with Gasteiger partial charge in [0.2, 0.25) is 5.91 Å². The number of piperidine rings is 1. The number of hydrogen-bond donors (Lipinski definition) is 1. The van der Waals surface area contributed by atoms with Gasteiger partial charge >= 0.3 is 5.97 Å². The summed E-state index contributed by atoms with van der Waals surface area (Å²) in [6.45, 7) is 4.91. The minimum Gasteiger partial charge on any atom is -0.448 e. The molecule has 0 spiro atoms. The van der Waals surface area contributed by atoms with E-state index in [9.17, 15) is 14.4 Å². The van der Waals surface area contributed by atoms with Crippen LogP contribution in [0.25, 0.3) is 0 Å². The zero-order valence-electron chi connectivity index (χ0n) is 14.7. The normalized spacial score (nSPS) is 20.8. The Morgan fingerprint density at radius 3 is 2.56 bits per heavy atom. The van der Waals surface area contributed by atoms with Crippen LogP contribution in [0.4, 0.5) is 0 Å². The van der Waals surface area contributed by atoms with Gasteiger partial charge in [0, 0.05) is 31.5 Å². The van der Waals surface area contributed by atoms with Gasteiger partial charge < -0.3 is 15.0 Å². The molecule has 2 aliphatic heterocycles. The van der Waals surface area contributed by atoms with Crippen LogP contribution in [0.5, 0.6) is 0 Å². The fourth-order valence-electron chi connectivity index (χ4n) is 3.44. The molecule has 1 aromatic carbocycles. The highest BCUT2D eigenvalue weighted by atomic mass is 16.5. The molecule has 3 rings (SSSR count). The summed E-state index contributed by atoms with van der Waals surface area (Å²) >= 11 is 0. The zero-order valence-corrected chi connectivity index (χ0v) is 14.7. The molecule has 2 amide bonds. The number of benzene rings is 1. The second-order valence-electron chi connectivity index (χ2n) is 7.02. The van der Waals surface area contributed by atoms with Gasteiger partial charge in [-0.2, -0.15) is 0 Å². The van der Waals surface area contributed by atoms with Crippen molar-refractivity contribution in [3.05, 3.63) is 35.4 Å². The zero-order chi connectivity index (χ0) is 18.0. The first-order chi connectivity index (χ1) is 12.0. The lowest BCUT2D eigenvalue weighted by Gasteiger charge is -2.34. The first kappa shape index (κ1) is 17.5. The van der Waals surface area contributed by atoms with Crippen LogP contribution < -0.4 is 5.32 Å². The average molecular weight is 344 g/mol. The molecule has 6 heteroatoms. The number of likely N-dealkylation sites (tertiary alicyclic amines) is 1. The third kappa shape index (κ3) is 3.83. The Morgan fingerprint density at radius 1 is 1.20 bits per heavy atom. The van der Waals surface area contributed by atoms with E-state index in [1.807, 2.05) is 26.0 Å². The number of nitrogens with one attached hydrogen (secondary N) is 1. The minimum atomic E-state index is -0.761. The van der Waals surface area contributed by atoms with Gasteiger partial charge in [-0.3, -0.25) is 9.59 Å². The molecule has 1 saturated heterocycles. The second kappa shape index (κ2) is 7.25. The third-order valence-corrected chi connectivity index (χ3v) is 4.78. The Bertz CT molecular complexity index is 678. The van der Waals surface area contributed by atoms with Crippen molar-refractivity contribution in [1.82, 2.24) is 10.2 Å². The molecular formula is C19H24N2O4. The largest absolute Gasteiger partial charge is 0.448 e. The van der Waals surface area contributed by atoms with Crippen LogP contribution >= 0.6 is 0 Å². The van der Waals surface area contributed by atoms with E-state index in [1.165, 1.54) is 0 Å². The van der Waals surface area contributed by atoms with E-state index in [-0.39, 0.29) is 23.8 Å². The van der Waals surface area contributed by atoms with Crippen molar-refractivity contribution in [3.63, 3.8) is 0 Å². The minimum absolute atomic E-state index is 0.0546. The van der Waals surface area contributed by atoms with Crippen LogP contribution in [0.15, 0.2) is 24.3 Å². The molecule has 2 heterocycles. The summed E-state index contributed by atoms with van der Waals surface area (Å²) in [5.74, 6) is -0.599. The Kier molecular flexibility index (Phi) is 5.06. The Hall–Kier alpha value is -2.37. The van der Waals surface area contributed by atoms with Gasteiger partial charge in [-0.15, -0.1) is 0 Å². The van der Waals surface area contributed by atoms with Gasteiger partial charge in [-0.1, -0.05) is 18.2 Å². The predicted molar refractivity (Wildman–Crippen MR) is 91.9 cm³/mol. The van der Waals surface area contributed by atoms with Crippen LogP contribution in [0.2, 0.25) is 0 Å². The summed E-state index contributed by atoms with van der Waals surface area (Å²) in [7, 11) is 0. The number of nitrogens with zero attached hydrogens (tertiary/aromatic N) is 1. The van der Waals surface area contributed by atoms with E-state index in [2.05, 4.69) is 5.32 Å². The summed E-state index contributed by atoms with van der Waals surface area (Å²) in [6, 6.07) is 7.34. The highest BCUT2D eigenvalue weighted by Crippen LogP contribution is 2.24. The van der Waals surface area contributed by atoms with Crippen LogP contribution in [-0.2, 0) is 20.7 Å². The van der Waals surface area contributed by atoms with E-state index in [0.29, 0.717) is 37.9 Å². The molecule has 0 radical (unpaired) electrons. The van der Waals surface area contributed by atoms with Crippen molar-refractivity contribution in [1.29, 1.82) is 0 Å². The maximum absolute atomic E-state index is 12.7. The van der Waals surface area contributed by atoms with E-state index in [4.69, 9.17) is 4.74 Å². The van der Waals surface area contributed by atoms with Crippen molar-refractivity contribution in [2.75, 3.05) is 13.1 Å². The lowest BCUT2D eigenvalue weighted by atomic mass is 9.94. The molecule has 0 aromatic heterocycles. The van der Waals surface area contributed by atoms with Crippen LogP contribution in [0.3, 0.4) is 0 Å². The molecule has 0 aliphatic carbocycles. The summed E-state index contributed by atoms with van der Waals surface area (Å²) in [5.41, 5.74) is 1.39. The Labute approximate surface area is 147 Å². The third-order valence-electron chi connectivity index (χ3n) is 4.78. The molecule has 134 valence electrons. The Balaban J connectivity index is 1.59. The number of cyclic esters (lactones) is 1. The standard InChI is InChI=1S/C19H24N2O4/c1-12(2)20-17(22)13-7-9-21(10-8-13)18(23)16-11-14-5-3-4-6-15(14)19(24)25-16/h3-6,12-13,16H,7-11H2,1-2H3,(H,20,22)/t16-/m0/s1. The maximum atomic E-state index is 12.7. The van der Waals surface area contributed by atoms with Gasteiger partial charge in [0.1, 0.15) is 0 Å². The summed E-state index contributed by atoms with van der Waals surface area (Å²) in [5, 5.41) is 2.92. The Morgan fingerprint density at radius 2 is 1.88 bits per heavy atom. The van der Waals surface area contributed by atoms with Crippen molar-refractivity contribution in [3.8, 4) is 0 Å². The van der Waals surface area contributed by atoms with E-state index in [0.717, 1.165) is 5.56 Å². The highest BCUT2D eigenvalue weighted by molar-refractivity contribution is 5.95. The molecule has 2 aliphatic rings. The highest BCUT2D eigenvalue weighted by Gasteiger charge is 2.36. The number of amides is 2. The molecular weight excluding hydrogens is 320 g/mol. The van der Waals surface area contributed by atoms with Crippen LogP contribution in [-0.4, -0.2) is 47.9 Å². The molecule has 6 nitrogen and oxygen atoms in total. The van der Waals surface area contributed by atoms with E-state index < -0.39 is 12.1 Å². The predicted octanol–water partition coefficient (Wildman–Crippen LogP) is 1.53. The van der Waals surface area contributed by atoms with Gasteiger partial charge in [-0.25, -0.2) is 4.79 Å². The molecule has 0 bridgehead atoms. The number of fused-ring (bicyclic) bond motifs is 1. The first-order valence-electron chi connectivity index (χ1n) is 8.83. The lowest BCUT2D eigenvalue weighted by molar-refractivity contribution is -0.144. The van der Waals surface area contributed by atoms with Crippen molar-refractivity contribution < 1.29 is 19.1 Å². The van der Waals surface area contributed by atoms with Gasteiger partial charge in [0.05, 0.1) is 5.56 Å². The molecule has 25 heavy (non-hydrogen) atoms. The number of hydrogen-bond acceptors (Lipinski definition) is 4. The number of rotatable bonds is 3. The van der Waals surface area contributed by atoms with Crippen molar-refractivity contribution in [2.45, 2.75) is 45.3 Å². The topological polar surface area (TPSA) is 75.7 Å². The average Bonchev–Trinajstić information content (AvgIpc) is 2.60. The van der Waals surface area contributed by atoms with Gasteiger partial charge in [-0.05, 0) is 38.3 Å². The second-order valence-corrected chi connectivity index (χ2v) is 7.02. The quantitative estimate of drug-likeness (QED) is 0.844. The molecule has 0 unspecified atom stereocenters. The molecule has 1 aromatic rings. The molecule has 1 fully saturated rings. The van der Waals surface area contributed by atoms with Gasteiger partial charge in [0.25, 0.3) is 5.91 Å². The smallest absolute Gasteiger partial charge is 0.339 e. The maximum Gasteiger partial charge on any atom is 0.339 e. The number of esters is 1. The lowest BCUT2D eigenvalue weighted by Crippen LogP contribution is -2.49. The van der Waals surface area contributed by atoms with Crippen LogP contribution in [0.1, 0.15) is 42.6 Å². The van der Waals surface area contributed by atoms with Crippen molar-refractivity contribution >= 4 is 17.8 Å². The van der Waals surface area contributed by atoms with E-state index >= 15 is 0 Å². The summed E-state index contributed by atoms with van der Waals surface area (Å²) in [6.07, 6.45) is 0.931. The number of carbonyl (C=O) groups is 3. The fourth-order valence-corrected chi connectivity index (χ4v) is 3.44. The van der Waals surface area contributed by atoms with Crippen molar-refractivity contribution in [2.24, 2.45) is 5.92 Å². The monoisotopic (exact) mass is 344 g/mol. The van der Waals surface area contributed by atoms with Gasteiger partial charge in [0.15, 0.2) is 6.10 Å². The molecule has 0 saturated carbocycles. The van der Waals surface area contributed by atoms with E-state index in [1.54, 1.807) is 17.0 Å². The summed E-state index contributed by atoms with van der Waals surface area (Å²) in [4.78, 5) is 38.6. The molecule has 1 N–H and O–H groups in total. The fraction of sp³-hybridized carbons (Fsp3) is 0.526. The summed E-state index contributed by atoms with van der Waals surface area (Å²) < 4.78 is 5.35. The van der Waals surface area contributed by atoms with Crippen LogP contribution in [0, 0.1) is 5.92 Å². The molecule has 1 atom stereocenters.